The number of carbonyl (C=O) groups excluding carboxylic acids is 1. The maximum Gasteiger partial charge on any atom is 0.224 e. The highest BCUT2D eigenvalue weighted by molar-refractivity contribution is 5.80. The van der Waals surface area contributed by atoms with Gasteiger partial charge in [0.25, 0.3) is 0 Å². The zero-order valence-electron chi connectivity index (χ0n) is 7.96. The third-order valence-electron chi connectivity index (χ3n) is 3.48. The number of piperidine rings is 1. The average Bonchev–Trinajstić information content (AvgIpc) is 2.17. The summed E-state index contributed by atoms with van der Waals surface area (Å²) in [5, 5.41) is 3.10. The second kappa shape index (κ2) is 3.66. The van der Waals surface area contributed by atoms with Gasteiger partial charge < -0.3 is 11.1 Å². The summed E-state index contributed by atoms with van der Waals surface area (Å²) in [6.45, 7) is 0.509. The Morgan fingerprint density at radius 3 is 2.92 bits per heavy atom. The van der Waals surface area contributed by atoms with Gasteiger partial charge in [-0.2, -0.15) is 0 Å². The molecule has 1 aliphatic carbocycles. The van der Waals surface area contributed by atoms with Crippen molar-refractivity contribution in [2.24, 2.45) is 17.6 Å². The predicted molar refractivity (Wildman–Crippen MR) is 51.1 cm³/mol. The molecule has 0 spiro atoms. The van der Waals surface area contributed by atoms with Crippen molar-refractivity contribution >= 4 is 5.91 Å². The molecule has 2 aliphatic rings. The molecule has 0 aromatic carbocycles. The summed E-state index contributed by atoms with van der Waals surface area (Å²) >= 11 is 0. The summed E-state index contributed by atoms with van der Waals surface area (Å²) in [4.78, 5) is 11.5. The van der Waals surface area contributed by atoms with Crippen LogP contribution in [0.2, 0.25) is 0 Å². The van der Waals surface area contributed by atoms with Crippen molar-refractivity contribution in [1.82, 2.24) is 5.32 Å². The lowest BCUT2D eigenvalue weighted by atomic mass is 9.76. The second-order valence-corrected chi connectivity index (χ2v) is 4.33. The Bertz CT molecular complexity index is 205. The van der Waals surface area contributed by atoms with E-state index in [1.807, 2.05) is 0 Å². The molecule has 0 aromatic heterocycles. The molecule has 74 valence electrons. The molecule has 1 heterocycles. The van der Waals surface area contributed by atoms with E-state index < -0.39 is 0 Å². The number of amides is 1. The number of carbonyl (C=O) groups is 1. The van der Waals surface area contributed by atoms with Crippen molar-refractivity contribution in [3.05, 3.63) is 0 Å². The minimum atomic E-state index is 0.0827. The van der Waals surface area contributed by atoms with Gasteiger partial charge in [0.2, 0.25) is 5.91 Å². The zero-order chi connectivity index (χ0) is 9.26. The Kier molecular flexibility index (Phi) is 2.54. The molecule has 3 N–H and O–H groups in total. The number of hydrogen-bond acceptors (Lipinski definition) is 2. The maximum absolute atomic E-state index is 11.5. The van der Waals surface area contributed by atoms with E-state index in [0.717, 1.165) is 6.42 Å². The fraction of sp³-hybridized carbons (Fsp3) is 0.900. The lowest BCUT2D eigenvalue weighted by molar-refractivity contribution is -0.129. The smallest absolute Gasteiger partial charge is 0.224 e. The minimum Gasteiger partial charge on any atom is -0.353 e. The van der Waals surface area contributed by atoms with E-state index in [4.69, 9.17) is 5.73 Å². The monoisotopic (exact) mass is 182 g/mol. The lowest BCUT2D eigenvalue weighted by Gasteiger charge is -2.39. The largest absolute Gasteiger partial charge is 0.353 e. The fourth-order valence-corrected chi connectivity index (χ4v) is 2.66. The highest BCUT2D eigenvalue weighted by atomic mass is 16.2. The molecule has 3 atom stereocenters. The Morgan fingerprint density at radius 1 is 1.38 bits per heavy atom. The van der Waals surface area contributed by atoms with Gasteiger partial charge in [-0.05, 0) is 25.2 Å². The molecule has 0 aromatic rings. The molecule has 0 unspecified atom stereocenters. The molecule has 0 bridgehead atoms. The van der Waals surface area contributed by atoms with Crippen LogP contribution in [0.5, 0.6) is 0 Å². The van der Waals surface area contributed by atoms with Crippen LogP contribution in [0.25, 0.3) is 0 Å². The van der Waals surface area contributed by atoms with Gasteiger partial charge >= 0.3 is 0 Å². The van der Waals surface area contributed by atoms with E-state index in [1.54, 1.807) is 0 Å². The number of fused-ring (bicyclic) bond motifs is 1. The third-order valence-corrected chi connectivity index (χ3v) is 3.48. The van der Waals surface area contributed by atoms with Gasteiger partial charge in [0.1, 0.15) is 0 Å². The summed E-state index contributed by atoms with van der Waals surface area (Å²) in [7, 11) is 0. The third kappa shape index (κ3) is 1.70. The van der Waals surface area contributed by atoms with Crippen LogP contribution in [-0.4, -0.2) is 18.5 Å². The van der Waals surface area contributed by atoms with Gasteiger partial charge in [0, 0.05) is 12.6 Å². The van der Waals surface area contributed by atoms with E-state index in [9.17, 15) is 4.79 Å². The van der Waals surface area contributed by atoms with Crippen LogP contribution in [0.15, 0.2) is 0 Å². The molecule has 13 heavy (non-hydrogen) atoms. The molecule has 0 radical (unpaired) electrons. The second-order valence-electron chi connectivity index (χ2n) is 4.33. The molecule has 3 nitrogen and oxygen atoms in total. The van der Waals surface area contributed by atoms with Crippen molar-refractivity contribution in [3.63, 3.8) is 0 Å². The van der Waals surface area contributed by atoms with Crippen LogP contribution in [0.4, 0.5) is 0 Å². The zero-order valence-corrected chi connectivity index (χ0v) is 7.96. The number of nitrogens with two attached hydrogens (primary N) is 1. The van der Waals surface area contributed by atoms with E-state index in [1.165, 1.54) is 25.7 Å². The van der Waals surface area contributed by atoms with Crippen LogP contribution in [0, 0.1) is 11.8 Å². The van der Waals surface area contributed by atoms with Crippen LogP contribution < -0.4 is 11.1 Å². The van der Waals surface area contributed by atoms with Crippen molar-refractivity contribution in [1.29, 1.82) is 0 Å². The topological polar surface area (TPSA) is 55.1 Å². The van der Waals surface area contributed by atoms with Crippen molar-refractivity contribution in [3.8, 4) is 0 Å². The summed E-state index contributed by atoms with van der Waals surface area (Å²) in [6.07, 6.45) is 6.07. The SMILES string of the molecule is NC[C@@H]1C[C@H]2CCCC[C@H]2NC1=O. The first-order valence-electron chi connectivity index (χ1n) is 5.31. The molecule has 1 saturated carbocycles. The van der Waals surface area contributed by atoms with Crippen LogP contribution >= 0.6 is 0 Å². The van der Waals surface area contributed by atoms with Crippen LogP contribution in [0.1, 0.15) is 32.1 Å². The molecular formula is C10H18N2O. The van der Waals surface area contributed by atoms with Gasteiger partial charge in [-0.25, -0.2) is 0 Å². The normalized spacial score (nSPS) is 39.5. The first-order valence-corrected chi connectivity index (χ1v) is 5.31. The highest BCUT2D eigenvalue weighted by Crippen LogP contribution is 2.32. The highest BCUT2D eigenvalue weighted by Gasteiger charge is 2.35. The summed E-state index contributed by atoms with van der Waals surface area (Å²) < 4.78 is 0. The predicted octanol–water partition coefficient (Wildman–Crippen LogP) is 0.640. The minimum absolute atomic E-state index is 0.0827. The molecule has 1 saturated heterocycles. The van der Waals surface area contributed by atoms with Crippen LogP contribution in [-0.2, 0) is 4.79 Å². The van der Waals surface area contributed by atoms with Crippen molar-refractivity contribution < 1.29 is 4.79 Å². The van der Waals surface area contributed by atoms with Crippen molar-refractivity contribution in [2.75, 3.05) is 6.54 Å². The number of hydrogen-bond donors (Lipinski definition) is 2. The molecule has 2 fully saturated rings. The van der Waals surface area contributed by atoms with Gasteiger partial charge in [-0.15, -0.1) is 0 Å². The fourth-order valence-electron chi connectivity index (χ4n) is 2.66. The molecule has 1 aliphatic heterocycles. The quantitative estimate of drug-likeness (QED) is 0.625. The van der Waals surface area contributed by atoms with Gasteiger partial charge in [0.15, 0.2) is 0 Å². The van der Waals surface area contributed by atoms with E-state index >= 15 is 0 Å². The molecule has 1 amide bonds. The van der Waals surface area contributed by atoms with Gasteiger partial charge in [-0.1, -0.05) is 12.8 Å². The van der Waals surface area contributed by atoms with E-state index in [-0.39, 0.29) is 11.8 Å². The maximum atomic E-state index is 11.5. The van der Waals surface area contributed by atoms with Crippen LogP contribution in [0.3, 0.4) is 0 Å². The Labute approximate surface area is 79.1 Å². The summed E-state index contributed by atoms with van der Waals surface area (Å²) in [6, 6.07) is 0.462. The Balaban J connectivity index is 2.01. The molecule has 3 heteroatoms. The van der Waals surface area contributed by atoms with E-state index in [0.29, 0.717) is 18.5 Å². The van der Waals surface area contributed by atoms with Gasteiger partial charge in [-0.3, -0.25) is 4.79 Å². The Hall–Kier alpha value is -0.570. The number of nitrogens with one attached hydrogen (secondary N) is 1. The van der Waals surface area contributed by atoms with E-state index in [2.05, 4.69) is 5.32 Å². The first kappa shape index (κ1) is 9.00. The molecule has 2 rings (SSSR count). The summed E-state index contributed by atoms with van der Waals surface area (Å²) in [5.74, 6) is 0.977. The summed E-state index contributed by atoms with van der Waals surface area (Å²) in [5.41, 5.74) is 5.55. The average molecular weight is 182 g/mol. The standard InChI is InChI=1S/C10H18N2O/c11-6-8-5-7-3-1-2-4-9(7)12-10(8)13/h7-9H,1-6,11H2,(H,12,13)/t7-,8+,9-/m1/s1. The number of rotatable bonds is 1. The Morgan fingerprint density at radius 2 is 2.15 bits per heavy atom. The lowest BCUT2D eigenvalue weighted by Crippen LogP contribution is -2.52. The first-order chi connectivity index (χ1) is 6.31. The van der Waals surface area contributed by atoms with Crippen molar-refractivity contribution in [2.45, 2.75) is 38.1 Å². The molecular weight excluding hydrogens is 164 g/mol. The van der Waals surface area contributed by atoms with Gasteiger partial charge in [0.05, 0.1) is 5.92 Å².